The second kappa shape index (κ2) is 6.20. The maximum Gasteiger partial charge on any atom is 0.267 e. The third-order valence-corrected chi connectivity index (χ3v) is 4.28. The van der Waals surface area contributed by atoms with E-state index in [-0.39, 0.29) is 34.5 Å². The van der Waals surface area contributed by atoms with Crippen LogP contribution in [0.25, 0.3) is 0 Å². The molecule has 0 saturated carbocycles. The quantitative estimate of drug-likeness (QED) is 0.623. The number of halogens is 2. The van der Waals surface area contributed by atoms with Gasteiger partial charge in [-0.2, -0.15) is 0 Å². The lowest BCUT2D eigenvalue weighted by molar-refractivity contribution is -0.138. The lowest BCUT2D eigenvalue weighted by atomic mass is 10.1. The molecule has 0 aliphatic carbocycles. The van der Waals surface area contributed by atoms with Crippen LogP contribution in [-0.2, 0) is 19.2 Å². The lowest BCUT2D eigenvalue weighted by Gasteiger charge is -2.25. The number of carbonyl (C=O) groups excluding carboxylic acids is 4. The molecule has 2 aliphatic rings. The van der Waals surface area contributed by atoms with Crippen LogP contribution in [0.4, 0.5) is 0 Å². The van der Waals surface area contributed by atoms with Gasteiger partial charge in [0, 0.05) is 31.2 Å². The molecule has 0 aromatic rings. The first-order chi connectivity index (χ1) is 9.85. The molecular formula is C12H11Br2N3O4. The van der Waals surface area contributed by atoms with Gasteiger partial charge in [-0.15, -0.1) is 0 Å². The highest BCUT2D eigenvalue weighted by molar-refractivity contribution is 9.12. The van der Waals surface area contributed by atoms with Crippen LogP contribution in [-0.4, -0.2) is 53.1 Å². The normalized spacial score (nSPS) is 19.0. The molecule has 2 rings (SSSR count). The maximum atomic E-state index is 11.8. The van der Waals surface area contributed by atoms with E-state index in [2.05, 4.69) is 31.9 Å². The van der Waals surface area contributed by atoms with Crippen LogP contribution in [0.3, 0.4) is 0 Å². The number of hydrogen-bond donors (Lipinski definition) is 1. The molecule has 9 heteroatoms. The molecule has 0 fully saturated rings. The summed E-state index contributed by atoms with van der Waals surface area (Å²) < 4.78 is 0.363. The van der Waals surface area contributed by atoms with Crippen molar-refractivity contribution in [2.45, 2.75) is 0 Å². The largest absolute Gasteiger partial charge is 0.330 e. The van der Waals surface area contributed by atoms with E-state index in [1.54, 1.807) is 0 Å². The van der Waals surface area contributed by atoms with Crippen LogP contribution >= 0.6 is 31.9 Å². The fourth-order valence-electron chi connectivity index (χ4n) is 2.02. The average Bonchev–Trinajstić information content (AvgIpc) is 2.81. The van der Waals surface area contributed by atoms with Crippen molar-refractivity contribution in [3.8, 4) is 0 Å². The Morgan fingerprint density at radius 1 is 0.905 bits per heavy atom. The smallest absolute Gasteiger partial charge is 0.267 e. The van der Waals surface area contributed by atoms with Gasteiger partial charge in [0.2, 0.25) is 0 Å². The summed E-state index contributed by atoms with van der Waals surface area (Å²) in [4.78, 5) is 48.9. The minimum absolute atomic E-state index is 0.0500. The summed E-state index contributed by atoms with van der Waals surface area (Å²) >= 11 is 5.99. The Morgan fingerprint density at radius 2 is 1.29 bits per heavy atom. The molecule has 0 spiro atoms. The van der Waals surface area contributed by atoms with E-state index in [4.69, 9.17) is 5.73 Å². The topological polar surface area (TPSA) is 101 Å². The molecular weight excluding hydrogens is 410 g/mol. The van der Waals surface area contributed by atoms with Crippen LogP contribution in [0.2, 0.25) is 0 Å². The number of carbonyl (C=O) groups is 4. The molecule has 2 heterocycles. The fraction of sp³-hybridized carbons (Fsp3) is 0.333. The van der Waals surface area contributed by atoms with E-state index < -0.39 is 23.6 Å². The van der Waals surface area contributed by atoms with Crippen molar-refractivity contribution in [3.63, 3.8) is 0 Å². The Labute approximate surface area is 137 Å². The summed E-state index contributed by atoms with van der Waals surface area (Å²) in [7, 11) is 0. The predicted molar refractivity (Wildman–Crippen MR) is 80.0 cm³/mol. The van der Waals surface area contributed by atoms with Gasteiger partial charge in [-0.05, 0) is 38.4 Å². The van der Waals surface area contributed by atoms with Gasteiger partial charge in [0.15, 0.2) is 0 Å². The van der Waals surface area contributed by atoms with Gasteiger partial charge in [0.25, 0.3) is 23.6 Å². The van der Waals surface area contributed by atoms with E-state index in [0.29, 0.717) is 0 Å². The Hall–Kier alpha value is -1.32. The Kier molecular flexibility index (Phi) is 4.74. The number of nitrogens with two attached hydrogens (primary N) is 1. The standard InChI is InChI=1S/C12H11Br2N3O4/c13-7-1-9(18)16(11(7)20)4-6(3-15)5-17-10(19)2-8(14)12(17)21/h1-2,6H,3-5,15H2. The zero-order chi connectivity index (χ0) is 15.7. The highest BCUT2D eigenvalue weighted by Gasteiger charge is 2.35. The van der Waals surface area contributed by atoms with Crippen molar-refractivity contribution in [1.29, 1.82) is 0 Å². The van der Waals surface area contributed by atoms with E-state index in [9.17, 15) is 19.2 Å². The molecule has 0 bridgehead atoms. The van der Waals surface area contributed by atoms with E-state index in [1.807, 2.05) is 0 Å². The first-order valence-corrected chi connectivity index (χ1v) is 7.60. The van der Waals surface area contributed by atoms with E-state index in [1.165, 1.54) is 12.2 Å². The minimum atomic E-state index is -0.447. The SMILES string of the molecule is NCC(CN1C(=O)C=C(Br)C1=O)CN1C(=O)C=C(Br)C1=O. The van der Waals surface area contributed by atoms with Crippen molar-refractivity contribution in [2.24, 2.45) is 11.7 Å². The average molecular weight is 421 g/mol. The van der Waals surface area contributed by atoms with Gasteiger partial charge < -0.3 is 5.73 Å². The molecule has 2 aliphatic heterocycles. The fourth-order valence-corrected chi connectivity index (χ4v) is 2.84. The third kappa shape index (κ3) is 3.14. The van der Waals surface area contributed by atoms with E-state index >= 15 is 0 Å². The van der Waals surface area contributed by atoms with Crippen LogP contribution in [0.1, 0.15) is 0 Å². The van der Waals surface area contributed by atoms with E-state index in [0.717, 1.165) is 9.80 Å². The van der Waals surface area contributed by atoms with Gasteiger partial charge in [-0.3, -0.25) is 29.0 Å². The molecule has 2 N–H and O–H groups in total. The third-order valence-electron chi connectivity index (χ3n) is 3.15. The number of rotatable bonds is 5. The predicted octanol–water partition coefficient (Wildman–Crippen LogP) is -0.143. The van der Waals surface area contributed by atoms with Gasteiger partial charge >= 0.3 is 0 Å². The van der Waals surface area contributed by atoms with Gasteiger partial charge in [-0.25, -0.2) is 0 Å². The summed E-state index contributed by atoms with van der Waals surface area (Å²) in [6, 6.07) is 0. The first kappa shape index (κ1) is 16.1. The Morgan fingerprint density at radius 3 is 1.52 bits per heavy atom. The molecule has 4 amide bonds. The number of nitrogens with zero attached hydrogens (tertiary/aromatic N) is 2. The summed E-state index contributed by atoms with van der Waals surface area (Å²) in [5, 5.41) is 0. The molecule has 0 radical (unpaired) electrons. The summed E-state index contributed by atoms with van der Waals surface area (Å²) in [5.74, 6) is -2.16. The van der Waals surface area contributed by atoms with Crippen molar-refractivity contribution in [2.75, 3.05) is 19.6 Å². The van der Waals surface area contributed by atoms with Crippen LogP contribution in [0.15, 0.2) is 21.1 Å². The maximum absolute atomic E-state index is 11.8. The van der Waals surface area contributed by atoms with Crippen molar-refractivity contribution < 1.29 is 19.2 Å². The Balaban J connectivity index is 2.02. The molecule has 21 heavy (non-hydrogen) atoms. The zero-order valence-electron chi connectivity index (χ0n) is 10.7. The van der Waals surface area contributed by atoms with Crippen molar-refractivity contribution >= 4 is 55.5 Å². The van der Waals surface area contributed by atoms with Crippen LogP contribution in [0, 0.1) is 5.92 Å². The van der Waals surface area contributed by atoms with Crippen LogP contribution in [0.5, 0.6) is 0 Å². The highest BCUT2D eigenvalue weighted by Crippen LogP contribution is 2.22. The molecule has 112 valence electrons. The van der Waals surface area contributed by atoms with Gasteiger partial charge in [-0.1, -0.05) is 0 Å². The molecule has 0 atom stereocenters. The van der Waals surface area contributed by atoms with Gasteiger partial charge in [0.1, 0.15) is 0 Å². The zero-order valence-corrected chi connectivity index (χ0v) is 13.9. The lowest BCUT2D eigenvalue weighted by Crippen LogP contribution is -2.44. The summed E-state index contributed by atoms with van der Waals surface area (Å²) in [5.41, 5.74) is 5.62. The molecule has 7 nitrogen and oxygen atoms in total. The Bertz CT molecular complexity index is 549. The number of imide groups is 2. The second-order valence-corrected chi connectivity index (χ2v) is 6.30. The number of amides is 4. The minimum Gasteiger partial charge on any atom is -0.330 e. The van der Waals surface area contributed by atoms with Crippen molar-refractivity contribution in [1.82, 2.24) is 9.80 Å². The molecule has 0 aromatic heterocycles. The number of hydrogen-bond acceptors (Lipinski definition) is 5. The first-order valence-electron chi connectivity index (χ1n) is 6.01. The monoisotopic (exact) mass is 419 g/mol. The highest BCUT2D eigenvalue weighted by atomic mass is 79.9. The molecule has 0 aromatic carbocycles. The molecule has 0 saturated heterocycles. The summed E-state index contributed by atoms with van der Waals surface area (Å²) in [6.45, 7) is 0.228. The summed E-state index contributed by atoms with van der Waals surface area (Å²) in [6.07, 6.45) is 2.36. The van der Waals surface area contributed by atoms with Gasteiger partial charge in [0.05, 0.1) is 8.96 Å². The molecule has 0 unspecified atom stereocenters. The van der Waals surface area contributed by atoms with Crippen LogP contribution < -0.4 is 5.73 Å². The second-order valence-electron chi connectivity index (χ2n) is 4.59. The van der Waals surface area contributed by atoms with Crippen molar-refractivity contribution in [3.05, 3.63) is 21.1 Å².